The van der Waals surface area contributed by atoms with Crippen molar-refractivity contribution in [2.75, 3.05) is 12.4 Å². The van der Waals surface area contributed by atoms with Crippen molar-refractivity contribution in [3.8, 4) is 0 Å². The molecule has 0 amide bonds. The van der Waals surface area contributed by atoms with Gasteiger partial charge in [-0.05, 0) is 12.8 Å². The van der Waals surface area contributed by atoms with Gasteiger partial charge in [0.15, 0.2) is 0 Å². The molecular formula is C10H15N3OS. The molecule has 1 saturated carbocycles. The first-order valence-corrected chi connectivity index (χ1v) is 6.13. The smallest absolute Gasteiger partial charge is 0.114 e. The quantitative estimate of drug-likeness (QED) is 0.697. The second kappa shape index (κ2) is 5.44. The Morgan fingerprint density at radius 3 is 3.00 bits per heavy atom. The molecule has 0 bridgehead atoms. The standard InChI is InChI=1S/C10H15N3OS/c14-6-9(13-8-1-2-8)7-15-10-5-11-3-4-12-10/h3-5,8-9,13-14H,1-2,6-7H2. The van der Waals surface area contributed by atoms with Crippen LogP contribution in [0.2, 0.25) is 0 Å². The number of aromatic nitrogens is 2. The number of nitrogens with one attached hydrogen (secondary N) is 1. The van der Waals surface area contributed by atoms with E-state index in [4.69, 9.17) is 5.11 Å². The maximum absolute atomic E-state index is 9.17. The van der Waals surface area contributed by atoms with Crippen molar-refractivity contribution in [1.29, 1.82) is 0 Å². The summed E-state index contributed by atoms with van der Waals surface area (Å²) in [6.45, 7) is 0.184. The van der Waals surface area contributed by atoms with E-state index in [1.807, 2.05) is 0 Å². The molecule has 0 radical (unpaired) electrons. The largest absolute Gasteiger partial charge is 0.395 e. The number of aliphatic hydroxyl groups excluding tert-OH is 1. The molecule has 1 aromatic heterocycles. The molecule has 4 nitrogen and oxygen atoms in total. The summed E-state index contributed by atoms with van der Waals surface area (Å²) in [4.78, 5) is 8.17. The van der Waals surface area contributed by atoms with E-state index in [9.17, 15) is 0 Å². The molecule has 1 aliphatic rings. The molecule has 5 heteroatoms. The van der Waals surface area contributed by atoms with Crippen LogP contribution in [-0.4, -0.2) is 39.5 Å². The number of thioether (sulfide) groups is 1. The number of hydrogen-bond donors (Lipinski definition) is 2. The molecule has 0 aromatic carbocycles. The SMILES string of the molecule is OCC(CSc1cnccn1)NC1CC1. The minimum Gasteiger partial charge on any atom is -0.395 e. The number of aliphatic hydroxyl groups is 1. The molecule has 1 aliphatic carbocycles. The molecule has 2 rings (SSSR count). The Bertz CT molecular complexity index is 292. The van der Waals surface area contributed by atoms with E-state index >= 15 is 0 Å². The minimum absolute atomic E-state index is 0.171. The average Bonchev–Trinajstić information content (AvgIpc) is 3.09. The predicted molar refractivity (Wildman–Crippen MR) is 59.8 cm³/mol. The van der Waals surface area contributed by atoms with Crippen molar-refractivity contribution in [2.24, 2.45) is 0 Å². The van der Waals surface area contributed by atoms with Crippen molar-refractivity contribution in [3.05, 3.63) is 18.6 Å². The number of hydrogen-bond acceptors (Lipinski definition) is 5. The van der Waals surface area contributed by atoms with Crippen LogP contribution in [0.5, 0.6) is 0 Å². The Hall–Kier alpha value is -0.650. The molecule has 1 fully saturated rings. The third kappa shape index (κ3) is 3.77. The van der Waals surface area contributed by atoms with Crippen LogP contribution in [0.1, 0.15) is 12.8 Å². The second-order valence-corrected chi connectivity index (χ2v) is 4.72. The predicted octanol–water partition coefficient (Wildman–Crippen LogP) is 0.682. The van der Waals surface area contributed by atoms with Gasteiger partial charge in [-0.2, -0.15) is 0 Å². The topological polar surface area (TPSA) is 58.0 Å². The molecule has 1 heterocycles. The van der Waals surface area contributed by atoms with Crippen molar-refractivity contribution in [3.63, 3.8) is 0 Å². The molecule has 0 aliphatic heterocycles. The normalized spacial score (nSPS) is 17.7. The van der Waals surface area contributed by atoms with Gasteiger partial charge in [-0.15, -0.1) is 11.8 Å². The maximum atomic E-state index is 9.17. The lowest BCUT2D eigenvalue weighted by Crippen LogP contribution is -2.36. The van der Waals surface area contributed by atoms with Crippen molar-refractivity contribution >= 4 is 11.8 Å². The molecule has 1 unspecified atom stereocenters. The summed E-state index contributed by atoms with van der Waals surface area (Å²) in [6, 6.07) is 0.800. The summed E-state index contributed by atoms with van der Waals surface area (Å²) in [5.74, 6) is 0.839. The molecule has 15 heavy (non-hydrogen) atoms. The minimum atomic E-state index is 0.171. The van der Waals surface area contributed by atoms with Crippen LogP contribution in [0.3, 0.4) is 0 Å². The molecular weight excluding hydrogens is 210 g/mol. The van der Waals surface area contributed by atoms with Crippen molar-refractivity contribution < 1.29 is 5.11 Å². The van der Waals surface area contributed by atoms with Gasteiger partial charge in [-0.3, -0.25) is 4.98 Å². The fourth-order valence-electron chi connectivity index (χ4n) is 1.28. The van der Waals surface area contributed by atoms with E-state index in [2.05, 4.69) is 15.3 Å². The van der Waals surface area contributed by atoms with Crippen LogP contribution in [0, 0.1) is 0 Å². The first kappa shape index (κ1) is 10.9. The van der Waals surface area contributed by atoms with Gasteiger partial charge in [0, 0.05) is 30.2 Å². The highest BCUT2D eigenvalue weighted by molar-refractivity contribution is 7.99. The second-order valence-electron chi connectivity index (χ2n) is 3.68. The summed E-state index contributed by atoms with van der Waals surface area (Å²) in [5.41, 5.74) is 0. The lowest BCUT2D eigenvalue weighted by atomic mass is 10.3. The summed E-state index contributed by atoms with van der Waals surface area (Å²) < 4.78 is 0. The lowest BCUT2D eigenvalue weighted by molar-refractivity contribution is 0.253. The van der Waals surface area contributed by atoms with Gasteiger partial charge in [0.1, 0.15) is 5.03 Å². The van der Waals surface area contributed by atoms with E-state index in [-0.39, 0.29) is 12.6 Å². The summed E-state index contributed by atoms with van der Waals surface area (Å²) >= 11 is 1.63. The summed E-state index contributed by atoms with van der Waals surface area (Å²) in [7, 11) is 0. The molecule has 82 valence electrons. The van der Waals surface area contributed by atoms with Gasteiger partial charge in [0.25, 0.3) is 0 Å². The van der Waals surface area contributed by atoms with Crippen molar-refractivity contribution in [1.82, 2.24) is 15.3 Å². The third-order valence-electron chi connectivity index (χ3n) is 2.24. The highest BCUT2D eigenvalue weighted by Gasteiger charge is 2.24. The van der Waals surface area contributed by atoms with Crippen LogP contribution in [0.15, 0.2) is 23.6 Å². The van der Waals surface area contributed by atoms with E-state index in [0.717, 1.165) is 10.8 Å². The summed E-state index contributed by atoms with van der Waals surface area (Å²) in [6.07, 6.45) is 7.58. The van der Waals surface area contributed by atoms with E-state index in [1.54, 1.807) is 30.4 Å². The molecule has 0 spiro atoms. The number of rotatable bonds is 6. The molecule has 1 atom stereocenters. The van der Waals surface area contributed by atoms with Crippen molar-refractivity contribution in [2.45, 2.75) is 30.0 Å². The Balaban J connectivity index is 1.75. The average molecular weight is 225 g/mol. The van der Waals surface area contributed by atoms with Crippen LogP contribution < -0.4 is 5.32 Å². The molecule has 2 N–H and O–H groups in total. The Labute approximate surface area is 93.5 Å². The highest BCUT2D eigenvalue weighted by Crippen LogP contribution is 2.21. The van der Waals surface area contributed by atoms with E-state index in [1.165, 1.54) is 12.8 Å². The summed E-state index contributed by atoms with van der Waals surface area (Å²) in [5, 5.41) is 13.5. The Morgan fingerprint density at radius 2 is 2.40 bits per heavy atom. The van der Waals surface area contributed by atoms with Gasteiger partial charge in [0.05, 0.1) is 12.8 Å². The number of nitrogens with zero attached hydrogens (tertiary/aromatic N) is 2. The van der Waals surface area contributed by atoms with Gasteiger partial charge in [-0.1, -0.05) is 0 Å². The zero-order valence-corrected chi connectivity index (χ0v) is 9.28. The van der Waals surface area contributed by atoms with Crippen LogP contribution in [-0.2, 0) is 0 Å². The van der Waals surface area contributed by atoms with Gasteiger partial charge >= 0.3 is 0 Å². The molecule has 1 aromatic rings. The zero-order valence-electron chi connectivity index (χ0n) is 8.47. The van der Waals surface area contributed by atoms with Gasteiger partial charge in [-0.25, -0.2) is 4.98 Å². The highest BCUT2D eigenvalue weighted by atomic mass is 32.2. The fourth-order valence-corrected chi connectivity index (χ4v) is 2.13. The first-order valence-electron chi connectivity index (χ1n) is 5.14. The lowest BCUT2D eigenvalue weighted by Gasteiger charge is -2.14. The third-order valence-corrected chi connectivity index (χ3v) is 3.32. The first-order chi connectivity index (χ1) is 7.38. The fraction of sp³-hybridized carbons (Fsp3) is 0.600. The van der Waals surface area contributed by atoms with E-state index in [0.29, 0.717) is 6.04 Å². The van der Waals surface area contributed by atoms with E-state index < -0.39 is 0 Å². The van der Waals surface area contributed by atoms with Gasteiger partial charge in [0.2, 0.25) is 0 Å². The van der Waals surface area contributed by atoms with Crippen LogP contribution >= 0.6 is 11.8 Å². The monoisotopic (exact) mass is 225 g/mol. The van der Waals surface area contributed by atoms with Crippen LogP contribution in [0.25, 0.3) is 0 Å². The zero-order chi connectivity index (χ0) is 10.5. The molecule has 0 saturated heterocycles. The van der Waals surface area contributed by atoms with Crippen LogP contribution in [0.4, 0.5) is 0 Å². The Kier molecular flexibility index (Phi) is 3.94. The maximum Gasteiger partial charge on any atom is 0.114 e. The van der Waals surface area contributed by atoms with Gasteiger partial charge < -0.3 is 10.4 Å². The Morgan fingerprint density at radius 1 is 1.53 bits per heavy atom.